The second kappa shape index (κ2) is 8.18. The van der Waals surface area contributed by atoms with E-state index in [4.69, 9.17) is 0 Å². The van der Waals surface area contributed by atoms with Crippen molar-refractivity contribution >= 4 is 5.57 Å². The summed E-state index contributed by atoms with van der Waals surface area (Å²) in [5, 5.41) is 0. The van der Waals surface area contributed by atoms with Crippen LogP contribution in [-0.4, -0.2) is 0 Å². The Morgan fingerprint density at radius 1 is 0.957 bits per heavy atom. The normalized spacial score (nSPS) is 28.4. The van der Waals surface area contributed by atoms with Gasteiger partial charge in [0.25, 0.3) is 0 Å². The van der Waals surface area contributed by atoms with E-state index in [1.54, 1.807) is 11.1 Å². The molecule has 0 nitrogen and oxygen atoms in total. The average Bonchev–Trinajstić information content (AvgIpc) is 2.61. The molecular formula is C23H34. The molecule has 0 heterocycles. The third-order valence-electron chi connectivity index (χ3n) is 6.24. The average molecular weight is 311 g/mol. The van der Waals surface area contributed by atoms with Crippen molar-refractivity contribution in [1.82, 2.24) is 0 Å². The van der Waals surface area contributed by atoms with Gasteiger partial charge in [0.05, 0.1) is 0 Å². The molecule has 0 amide bonds. The third-order valence-corrected chi connectivity index (χ3v) is 6.24. The molecule has 2 aliphatic carbocycles. The molecule has 0 spiro atoms. The van der Waals surface area contributed by atoms with Crippen molar-refractivity contribution in [3.05, 3.63) is 41.5 Å². The molecule has 1 aromatic carbocycles. The van der Waals surface area contributed by atoms with Crippen LogP contribution in [0.4, 0.5) is 0 Å². The zero-order chi connectivity index (χ0) is 16.1. The lowest BCUT2D eigenvalue weighted by Crippen LogP contribution is -2.13. The molecule has 1 saturated carbocycles. The zero-order valence-corrected chi connectivity index (χ0v) is 15.2. The summed E-state index contributed by atoms with van der Waals surface area (Å²) in [5.41, 5.74) is 4.64. The van der Waals surface area contributed by atoms with Gasteiger partial charge in [-0.05, 0) is 79.4 Å². The number of allylic oxidation sites excluding steroid dienone is 2. The number of hydrogen-bond donors (Lipinski definition) is 0. The topological polar surface area (TPSA) is 0 Å². The van der Waals surface area contributed by atoms with Crippen LogP contribution in [0.3, 0.4) is 0 Å². The first kappa shape index (κ1) is 16.8. The maximum Gasteiger partial charge on any atom is -0.0162 e. The van der Waals surface area contributed by atoms with Crippen LogP contribution in [0.1, 0.15) is 95.1 Å². The number of rotatable bonds is 5. The van der Waals surface area contributed by atoms with Gasteiger partial charge in [-0.2, -0.15) is 0 Å². The van der Waals surface area contributed by atoms with Crippen LogP contribution in [-0.2, 0) is 0 Å². The van der Waals surface area contributed by atoms with E-state index in [0.717, 1.165) is 17.8 Å². The summed E-state index contributed by atoms with van der Waals surface area (Å²) in [6.07, 6.45) is 16.3. The van der Waals surface area contributed by atoms with E-state index in [2.05, 4.69) is 44.2 Å². The molecule has 0 aromatic heterocycles. The molecule has 0 bridgehead atoms. The Kier molecular flexibility index (Phi) is 5.97. The lowest BCUT2D eigenvalue weighted by Gasteiger charge is -2.29. The summed E-state index contributed by atoms with van der Waals surface area (Å²) in [6.45, 7) is 4.68. The van der Waals surface area contributed by atoms with Gasteiger partial charge in [0.2, 0.25) is 0 Å². The van der Waals surface area contributed by atoms with Gasteiger partial charge in [0, 0.05) is 0 Å². The fourth-order valence-corrected chi connectivity index (χ4v) is 4.47. The standard InChI is InChI=1S/C23H34/c1-3-4-5-19-8-12-21(13-9-19)23-16-14-22(15-17-23)20-10-6-18(2)7-11-20/h10,14-19,21H,3-9,11-13H2,1-2H3/t18?,19-,21-. The summed E-state index contributed by atoms with van der Waals surface area (Å²) < 4.78 is 0. The molecular weight excluding hydrogens is 276 g/mol. The molecule has 0 saturated heterocycles. The third kappa shape index (κ3) is 4.49. The largest absolute Gasteiger partial charge is 0.0805 e. The smallest absolute Gasteiger partial charge is 0.0162 e. The molecule has 1 atom stereocenters. The van der Waals surface area contributed by atoms with Crippen molar-refractivity contribution in [1.29, 1.82) is 0 Å². The van der Waals surface area contributed by atoms with E-state index in [9.17, 15) is 0 Å². The first-order chi connectivity index (χ1) is 11.3. The molecule has 0 radical (unpaired) electrons. The van der Waals surface area contributed by atoms with Crippen molar-refractivity contribution in [3.63, 3.8) is 0 Å². The highest BCUT2D eigenvalue weighted by molar-refractivity contribution is 5.66. The molecule has 0 aliphatic heterocycles. The van der Waals surface area contributed by atoms with E-state index in [0.29, 0.717) is 0 Å². The quantitative estimate of drug-likeness (QED) is 0.533. The lowest BCUT2D eigenvalue weighted by atomic mass is 9.77. The molecule has 0 N–H and O–H groups in total. The fourth-order valence-electron chi connectivity index (χ4n) is 4.47. The highest BCUT2D eigenvalue weighted by atomic mass is 14.3. The maximum absolute atomic E-state index is 2.47. The minimum Gasteiger partial charge on any atom is -0.0805 e. The number of unbranched alkanes of at least 4 members (excludes halogenated alkanes) is 1. The Hall–Kier alpha value is -1.04. The first-order valence-corrected chi connectivity index (χ1v) is 10.1. The monoisotopic (exact) mass is 310 g/mol. The predicted octanol–water partition coefficient (Wildman–Crippen LogP) is 7.35. The first-order valence-electron chi connectivity index (χ1n) is 10.1. The van der Waals surface area contributed by atoms with Crippen molar-refractivity contribution in [2.45, 2.75) is 84.0 Å². The summed E-state index contributed by atoms with van der Waals surface area (Å²) in [7, 11) is 0. The van der Waals surface area contributed by atoms with Crippen molar-refractivity contribution < 1.29 is 0 Å². The fraction of sp³-hybridized carbons (Fsp3) is 0.652. The van der Waals surface area contributed by atoms with E-state index in [1.165, 1.54) is 69.8 Å². The molecule has 1 fully saturated rings. The van der Waals surface area contributed by atoms with Gasteiger partial charge >= 0.3 is 0 Å². The van der Waals surface area contributed by atoms with E-state index in [-0.39, 0.29) is 0 Å². The van der Waals surface area contributed by atoms with Gasteiger partial charge < -0.3 is 0 Å². The van der Waals surface area contributed by atoms with Crippen LogP contribution >= 0.6 is 0 Å². The van der Waals surface area contributed by atoms with E-state index in [1.807, 2.05) is 0 Å². The Morgan fingerprint density at radius 2 is 1.70 bits per heavy atom. The van der Waals surface area contributed by atoms with Crippen LogP contribution in [0.5, 0.6) is 0 Å². The Labute approximate surface area is 143 Å². The molecule has 1 aromatic rings. The van der Waals surface area contributed by atoms with Crippen LogP contribution in [0.15, 0.2) is 30.3 Å². The van der Waals surface area contributed by atoms with Gasteiger partial charge in [-0.25, -0.2) is 0 Å². The molecule has 126 valence electrons. The minimum atomic E-state index is 0.822. The Bertz CT molecular complexity index is 499. The van der Waals surface area contributed by atoms with Crippen molar-refractivity contribution in [2.24, 2.45) is 11.8 Å². The van der Waals surface area contributed by atoms with Gasteiger partial charge in [0.15, 0.2) is 0 Å². The highest BCUT2D eigenvalue weighted by Crippen LogP contribution is 2.38. The number of hydrogen-bond acceptors (Lipinski definition) is 0. The molecule has 2 aliphatic rings. The summed E-state index contributed by atoms with van der Waals surface area (Å²) in [4.78, 5) is 0. The summed E-state index contributed by atoms with van der Waals surface area (Å²) in [5.74, 6) is 2.71. The molecule has 3 rings (SSSR count). The van der Waals surface area contributed by atoms with Gasteiger partial charge in [-0.1, -0.05) is 63.5 Å². The predicted molar refractivity (Wildman–Crippen MR) is 102 cm³/mol. The van der Waals surface area contributed by atoms with Crippen LogP contribution in [0.25, 0.3) is 5.57 Å². The van der Waals surface area contributed by atoms with E-state index < -0.39 is 0 Å². The molecule has 23 heavy (non-hydrogen) atoms. The lowest BCUT2D eigenvalue weighted by molar-refractivity contribution is 0.304. The second-order valence-electron chi connectivity index (χ2n) is 8.09. The maximum atomic E-state index is 2.47. The number of benzene rings is 1. The van der Waals surface area contributed by atoms with Crippen molar-refractivity contribution in [2.75, 3.05) is 0 Å². The van der Waals surface area contributed by atoms with Crippen LogP contribution < -0.4 is 0 Å². The van der Waals surface area contributed by atoms with E-state index >= 15 is 0 Å². The molecule has 0 heteroatoms. The SMILES string of the molecule is CCCC[C@H]1CC[C@H](c2ccc(C3=CCC(C)CC3)cc2)CC1. The van der Waals surface area contributed by atoms with Crippen molar-refractivity contribution in [3.8, 4) is 0 Å². The summed E-state index contributed by atoms with van der Waals surface area (Å²) in [6, 6.07) is 9.62. The van der Waals surface area contributed by atoms with Crippen LogP contribution in [0.2, 0.25) is 0 Å². The van der Waals surface area contributed by atoms with Gasteiger partial charge in [-0.15, -0.1) is 0 Å². The summed E-state index contributed by atoms with van der Waals surface area (Å²) >= 11 is 0. The molecule has 1 unspecified atom stereocenters. The Balaban J connectivity index is 1.56. The Morgan fingerprint density at radius 3 is 2.30 bits per heavy atom. The highest BCUT2D eigenvalue weighted by Gasteiger charge is 2.22. The zero-order valence-electron chi connectivity index (χ0n) is 15.2. The van der Waals surface area contributed by atoms with Gasteiger partial charge in [0.1, 0.15) is 0 Å². The second-order valence-corrected chi connectivity index (χ2v) is 8.09. The van der Waals surface area contributed by atoms with Crippen LogP contribution in [0, 0.1) is 11.8 Å². The van der Waals surface area contributed by atoms with Gasteiger partial charge in [-0.3, -0.25) is 0 Å². The minimum absolute atomic E-state index is 0.822.